The highest BCUT2D eigenvalue weighted by atomic mass is 35.5. The number of amides is 1. The van der Waals surface area contributed by atoms with Crippen molar-refractivity contribution in [1.29, 1.82) is 0 Å². The first-order chi connectivity index (χ1) is 12.9. The Bertz CT molecular complexity index is 891. The first kappa shape index (κ1) is 18.7. The van der Waals surface area contributed by atoms with Crippen molar-refractivity contribution in [1.82, 2.24) is 4.98 Å². The number of nitrogens with zero attached hydrogens (tertiary/aromatic N) is 1. The van der Waals surface area contributed by atoms with Crippen molar-refractivity contribution in [3.63, 3.8) is 0 Å². The molecular weight excluding hydrogens is 387 g/mol. The minimum atomic E-state index is -0.829. The summed E-state index contributed by atoms with van der Waals surface area (Å²) in [7, 11) is 0. The largest absolute Gasteiger partial charge is 0.393 e. The normalized spacial score (nSPS) is 31.9. The molecule has 2 fully saturated rings. The fraction of sp³-hybridized carbons (Fsp3) is 0.400. The third-order valence-corrected chi connectivity index (χ3v) is 6.45. The molecule has 7 heteroatoms. The zero-order chi connectivity index (χ0) is 19.3. The monoisotopic (exact) mass is 406 g/mol. The molecule has 0 bridgehead atoms. The van der Waals surface area contributed by atoms with E-state index in [9.17, 15) is 15.0 Å². The molecule has 0 radical (unpaired) electrons. The topological polar surface area (TPSA) is 82.5 Å². The minimum Gasteiger partial charge on any atom is -0.393 e. The number of carbonyl (C=O) groups excluding carboxylic acids is 1. The third kappa shape index (κ3) is 3.45. The van der Waals surface area contributed by atoms with Gasteiger partial charge >= 0.3 is 0 Å². The van der Waals surface area contributed by atoms with E-state index >= 15 is 0 Å². The van der Waals surface area contributed by atoms with Crippen molar-refractivity contribution in [3.05, 3.63) is 57.8 Å². The van der Waals surface area contributed by atoms with Crippen molar-refractivity contribution in [2.24, 2.45) is 17.8 Å². The minimum absolute atomic E-state index is 0.0280. The molecule has 2 saturated carbocycles. The van der Waals surface area contributed by atoms with Crippen LogP contribution < -0.4 is 5.32 Å². The predicted molar refractivity (Wildman–Crippen MR) is 104 cm³/mol. The number of carbonyl (C=O) groups is 1. The van der Waals surface area contributed by atoms with Gasteiger partial charge in [-0.2, -0.15) is 0 Å². The second-order valence-electron chi connectivity index (χ2n) is 7.44. The molecule has 0 aliphatic heterocycles. The van der Waals surface area contributed by atoms with Crippen LogP contribution in [0, 0.1) is 24.7 Å². The van der Waals surface area contributed by atoms with Crippen LogP contribution in [0.4, 0.5) is 5.69 Å². The van der Waals surface area contributed by atoms with Crippen LogP contribution in [0.15, 0.2) is 36.5 Å². The first-order valence-electron chi connectivity index (χ1n) is 8.91. The lowest BCUT2D eigenvalue weighted by Crippen LogP contribution is -2.41. The number of hydrogen-bond acceptors (Lipinski definition) is 4. The molecule has 0 saturated heterocycles. The summed E-state index contributed by atoms with van der Waals surface area (Å²) in [5.41, 5.74) is 2.27. The number of aromatic nitrogens is 1. The summed E-state index contributed by atoms with van der Waals surface area (Å²) in [4.78, 5) is 17.3. The molecular formula is C20H20Cl2N2O3. The third-order valence-electron chi connectivity index (χ3n) is 5.71. The van der Waals surface area contributed by atoms with Crippen LogP contribution >= 0.6 is 23.2 Å². The van der Waals surface area contributed by atoms with Gasteiger partial charge in [0, 0.05) is 23.5 Å². The van der Waals surface area contributed by atoms with Gasteiger partial charge < -0.3 is 15.5 Å². The summed E-state index contributed by atoms with van der Waals surface area (Å²) >= 11 is 12.0. The molecule has 6 atom stereocenters. The summed E-state index contributed by atoms with van der Waals surface area (Å²) in [6.07, 6.45) is 0.806. The summed E-state index contributed by atoms with van der Waals surface area (Å²) in [5, 5.41) is 24.6. The number of fused-ring (bicyclic) bond motifs is 1. The average molecular weight is 407 g/mol. The molecule has 0 unspecified atom stereocenters. The molecule has 2 aliphatic carbocycles. The number of aliphatic hydroxyl groups is 2. The number of benzene rings is 1. The van der Waals surface area contributed by atoms with Crippen LogP contribution in [0.25, 0.3) is 0 Å². The maximum absolute atomic E-state index is 13.1. The molecule has 3 N–H and O–H groups in total. The lowest BCUT2D eigenvalue weighted by atomic mass is 9.73. The van der Waals surface area contributed by atoms with Gasteiger partial charge in [-0.1, -0.05) is 23.2 Å². The fourth-order valence-corrected chi connectivity index (χ4v) is 4.70. The molecule has 4 rings (SSSR count). The van der Waals surface area contributed by atoms with E-state index in [1.54, 1.807) is 24.4 Å². The summed E-state index contributed by atoms with van der Waals surface area (Å²) in [6, 6.07) is 8.64. The molecule has 1 amide bonds. The van der Waals surface area contributed by atoms with E-state index in [4.69, 9.17) is 23.2 Å². The Morgan fingerprint density at radius 3 is 2.67 bits per heavy atom. The zero-order valence-electron chi connectivity index (χ0n) is 14.6. The number of halogens is 2. The van der Waals surface area contributed by atoms with Crippen LogP contribution in [0.2, 0.25) is 10.0 Å². The van der Waals surface area contributed by atoms with E-state index in [0.717, 1.165) is 11.3 Å². The quantitative estimate of drug-likeness (QED) is 0.729. The fourth-order valence-electron chi connectivity index (χ4n) is 4.40. The lowest BCUT2D eigenvalue weighted by molar-refractivity contribution is -0.126. The Morgan fingerprint density at radius 2 is 1.96 bits per heavy atom. The summed E-state index contributed by atoms with van der Waals surface area (Å²) < 4.78 is 0. The van der Waals surface area contributed by atoms with E-state index in [0.29, 0.717) is 22.2 Å². The van der Waals surface area contributed by atoms with Gasteiger partial charge in [0.05, 0.1) is 28.2 Å². The van der Waals surface area contributed by atoms with Gasteiger partial charge in [-0.3, -0.25) is 9.78 Å². The van der Waals surface area contributed by atoms with Crippen molar-refractivity contribution in [2.75, 3.05) is 5.32 Å². The van der Waals surface area contributed by atoms with E-state index < -0.39 is 18.1 Å². The number of pyridine rings is 1. The van der Waals surface area contributed by atoms with Crippen LogP contribution in [0.1, 0.15) is 23.6 Å². The highest BCUT2D eigenvalue weighted by Crippen LogP contribution is 2.59. The highest BCUT2D eigenvalue weighted by molar-refractivity contribution is 6.42. The molecule has 1 aromatic carbocycles. The van der Waals surface area contributed by atoms with Gasteiger partial charge in [-0.15, -0.1) is 0 Å². The van der Waals surface area contributed by atoms with Gasteiger partial charge in [-0.05, 0) is 61.1 Å². The SMILES string of the molecule is Cc1cc([C@H]2[C@@H](C(=O)Nc3ccc(Cl)c(Cl)c3)[C@@H](O)C[C@H]3[C@H](O)[C@H]32)ccn1. The van der Waals surface area contributed by atoms with Gasteiger partial charge in [0.15, 0.2) is 0 Å². The Balaban J connectivity index is 1.65. The lowest BCUT2D eigenvalue weighted by Gasteiger charge is -2.34. The van der Waals surface area contributed by atoms with E-state index in [-0.39, 0.29) is 23.7 Å². The second-order valence-corrected chi connectivity index (χ2v) is 8.25. The molecule has 27 heavy (non-hydrogen) atoms. The van der Waals surface area contributed by atoms with Gasteiger partial charge in [0.2, 0.25) is 5.91 Å². The molecule has 0 spiro atoms. The molecule has 1 aromatic heterocycles. The van der Waals surface area contributed by atoms with Crippen molar-refractivity contribution in [2.45, 2.75) is 31.5 Å². The highest BCUT2D eigenvalue weighted by Gasteiger charge is 2.62. The van der Waals surface area contributed by atoms with Crippen LogP contribution in [0.5, 0.6) is 0 Å². The van der Waals surface area contributed by atoms with Gasteiger partial charge in [-0.25, -0.2) is 0 Å². The average Bonchev–Trinajstić information content (AvgIpc) is 3.26. The summed E-state index contributed by atoms with van der Waals surface area (Å²) in [6.45, 7) is 1.88. The number of anilines is 1. The zero-order valence-corrected chi connectivity index (χ0v) is 16.2. The molecule has 2 aliphatic rings. The number of aliphatic hydroxyl groups excluding tert-OH is 2. The molecule has 5 nitrogen and oxygen atoms in total. The van der Waals surface area contributed by atoms with Crippen molar-refractivity contribution in [3.8, 4) is 0 Å². The van der Waals surface area contributed by atoms with Crippen LogP contribution in [-0.2, 0) is 4.79 Å². The maximum Gasteiger partial charge on any atom is 0.230 e. The smallest absolute Gasteiger partial charge is 0.230 e. The molecule has 2 aromatic rings. The number of aryl methyl sites for hydroxylation is 1. The van der Waals surface area contributed by atoms with Crippen LogP contribution in [0.3, 0.4) is 0 Å². The van der Waals surface area contributed by atoms with Crippen LogP contribution in [-0.4, -0.2) is 33.3 Å². The second kappa shape index (κ2) is 7.06. The van der Waals surface area contributed by atoms with Crippen molar-refractivity contribution < 1.29 is 15.0 Å². The first-order valence-corrected chi connectivity index (χ1v) is 9.67. The number of nitrogens with one attached hydrogen (secondary N) is 1. The number of hydrogen-bond donors (Lipinski definition) is 3. The van der Waals surface area contributed by atoms with Crippen molar-refractivity contribution >= 4 is 34.8 Å². The van der Waals surface area contributed by atoms with E-state index in [1.165, 1.54) is 0 Å². The van der Waals surface area contributed by atoms with Gasteiger partial charge in [0.1, 0.15) is 0 Å². The molecule has 1 heterocycles. The van der Waals surface area contributed by atoms with Gasteiger partial charge in [0.25, 0.3) is 0 Å². The Kier molecular flexibility index (Phi) is 4.89. The Hall–Kier alpha value is -1.66. The Labute approximate surface area is 167 Å². The van der Waals surface area contributed by atoms with E-state index in [2.05, 4.69) is 10.3 Å². The maximum atomic E-state index is 13.1. The standard InChI is InChI=1S/C20H20Cl2N2O3/c1-9-6-10(4-5-23-9)16-17-12(19(17)26)8-15(25)18(16)20(27)24-11-2-3-13(21)14(22)7-11/h2-7,12,15-19,25-26H,8H2,1H3,(H,24,27)/t12-,15+,16-,17-,18+,19+/m1/s1. The number of rotatable bonds is 3. The predicted octanol–water partition coefficient (Wildman–Crippen LogP) is 3.41. The Morgan fingerprint density at radius 1 is 1.19 bits per heavy atom. The summed E-state index contributed by atoms with van der Waals surface area (Å²) in [5.74, 6) is -1.22. The molecule has 142 valence electrons. The van der Waals surface area contributed by atoms with E-state index in [1.807, 2.05) is 19.1 Å².